The van der Waals surface area contributed by atoms with Gasteiger partial charge in [-0.2, -0.15) is 0 Å². The molecular formula is C50H29N3. The van der Waals surface area contributed by atoms with Gasteiger partial charge in [-0.25, -0.2) is 9.97 Å². The van der Waals surface area contributed by atoms with Gasteiger partial charge in [0, 0.05) is 38.2 Å². The van der Waals surface area contributed by atoms with E-state index in [9.17, 15) is 0 Å². The Kier molecular flexibility index (Phi) is 6.46. The lowest BCUT2D eigenvalue weighted by atomic mass is 9.98. The zero-order chi connectivity index (χ0) is 34.9. The van der Waals surface area contributed by atoms with Crippen molar-refractivity contribution in [2.75, 3.05) is 0 Å². The molecule has 244 valence electrons. The molecule has 11 rings (SSSR count). The van der Waals surface area contributed by atoms with Gasteiger partial charge in [0.05, 0.1) is 28.1 Å². The molecule has 0 saturated heterocycles. The number of aromatic nitrogens is 3. The highest BCUT2D eigenvalue weighted by Gasteiger charge is 2.20. The number of fused-ring (bicyclic) bond motifs is 9. The first kappa shape index (κ1) is 29.5. The average Bonchev–Trinajstić information content (AvgIpc) is 3.58. The Morgan fingerprint density at radius 1 is 0.434 bits per heavy atom. The average molecular weight is 672 g/mol. The summed E-state index contributed by atoms with van der Waals surface area (Å²) in [7, 11) is 0. The maximum Gasteiger partial charge on any atom is 0.160 e. The third kappa shape index (κ3) is 4.63. The van der Waals surface area contributed by atoms with Crippen LogP contribution in [0.15, 0.2) is 176 Å². The van der Waals surface area contributed by atoms with E-state index in [1.807, 2.05) is 12.1 Å². The second-order valence-electron chi connectivity index (χ2n) is 13.6. The van der Waals surface area contributed by atoms with Gasteiger partial charge in [-0.05, 0) is 86.9 Å². The van der Waals surface area contributed by atoms with E-state index in [2.05, 4.69) is 180 Å². The van der Waals surface area contributed by atoms with Crippen LogP contribution in [0.3, 0.4) is 0 Å². The van der Waals surface area contributed by atoms with Crippen molar-refractivity contribution >= 4 is 64.9 Å². The van der Waals surface area contributed by atoms with Crippen LogP contribution >= 0.6 is 0 Å². The smallest absolute Gasteiger partial charge is 0.160 e. The van der Waals surface area contributed by atoms with Crippen LogP contribution in [-0.2, 0) is 0 Å². The first-order chi connectivity index (χ1) is 26.3. The summed E-state index contributed by atoms with van der Waals surface area (Å²) in [4.78, 5) is 10.4. The maximum atomic E-state index is 5.28. The van der Waals surface area contributed by atoms with Gasteiger partial charge in [-0.15, -0.1) is 0 Å². The first-order valence-corrected chi connectivity index (χ1v) is 17.9. The predicted octanol–water partition coefficient (Wildman–Crippen LogP) is 12.8. The second-order valence-corrected chi connectivity index (χ2v) is 13.6. The van der Waals surface area contributed by atoms with Crippen molar-refractivity contribution in [3.05, 3.63) is 188 Å². The molecule has 0 N–H and O–H groups in total. The highest BCUT2D eigenvalue weighted by molar-refractivity contribution is 6.28. The van der Waals surface area contributed by atoms with Crippen LogP contribution in [0.5, 0.6) is 0 Å². The Morgan fingerprint density at radius 3 is 1.81 bits per heavy atom. The molecule has 0 bridgehead atoms. The molecule has 0 amide bonds. The molecule has 0 atom stereocenters. The lowest BCUT2D eigenvalue weighted by molar-refractivity contribution is 1.18. The number of hydrogen-bond acceptors (Lipinski definition) is 2. The predicted molar refractivity (Wildman–Crippen MR) is 220 cm³/mol. The molecule has 53 heavy (non-hydrogen) atoms. The fourth-order valence-electron chi connectivity index (χ4n) is 8.18. The van der Waals surface area contributed by atoms with E-state index in [1.54, 1.807) is 0 Å². The van der Waals surface area contributed by atoms with E-state index >= 15 is 0 Å². The summed E-state index contributed by atoms with van der Waals surface area (Å²) in [6.07, 6.45) is 0. The Morgan fingerprint density at radius 2 is 1.08 bits per heavy atom. The molecule has 0 aliphatic heterocycles. The van der Waals surface area contributed by atoms with Crippen molar-refractivity contribution in [1.29, 1.82) is 0 Å². The van der Waals surface area contributed by atoms with Gasteiger partial charge in [-0.3, -0.25) is 0 Å². The number of nitrogens with zero attached hydrogens (tertiary/aromatic N) is 3. The fourth-order valence-corrected chi connectivity index (χ4v) is 8.18. The molecule has 0 spiro atoms. The minimum atomic E-state index is 0.686. The maximum absolute atomic E-state index is 5.28. The summed E-state index contributed by atoms with van der Waals surface area (Å²) in [5, 5.41) is 12.0. The summed E-state index contributed by atoms with van der Waals surface area (Å²) >= 11 is 0. The molecule has 3 nitrogen and oxygen atoms in total. The number of benzene rings is 8. The minimum Gasteiger partial charge on any atom is -0.309 e. The van der Waals surface area contributed by atoms with E-state index in [4.69, 9.17) is 9.97 Å². The Labute approximate surface area is 306 Å². The van der Waals surface area contributed by atoms with Crippen LogP contribution in [0.2, 0.25) is 0 Å². The monoisotopic (exact) mass is 671 g/mol. The highest BCUT2D eigenvalue weighted by atomic mass is 15.0. The molecule has 0 radical (unpaired) electrons. The van der Waals surface area contributed by atoms with E-state index in [0.717, 1.165) is 55.3 Å². The Balaban J connectivity index is 1.18. The Hall–Kier alpha value is -7.28. The normalized spacial score (nSPS) is 11.6. The SMILES string of the molecule is c1ccc2cc(-c3nc(-c4ccccc4)cc(-c4ccc(-n5c6ccc7ccccc7c6c6c7ccccc7ccc65)c5ccccc45)n3)ccc2c#1. The summed E-state index contributed by atoms with van der Waals surface area (Å²) in [5.41, 5.74) is 8.34. The number of hydrogen-bond donors (Lipinski definition) is 0. The van der Waals surface area contributed by atoms with E-state index in [-0.39, 0.29) is 0 Å². The third-order valence-electron chi connectivity index (χ3n) is 10.6. The lowest BCUT2D eigenvalue weighted by Gasteiger charge is -2.16. The Bertz CT molecular complexity index is 3140. The van der Waals surface area contributed by atoms with Crippen molar-refractivity contribution < 1.29 is 0 Å². The molecule has 0 unspecified atom stereocenters. The summed E-state index contributed by atoms with van der Waals surface area (Å²) < 4.78 is 2.46. The van der Waals surface area contributed by atoms with Crippen LogP contribution in [0, 0.1) is 12.1 Å². The first-order valence-electron chi connectivity index (χ1n) is 17.9. The van der Waals surface area contributed by atoms with Crippen LogP contribution in [0.1, 0.15) is 0 Å². The standard InChI is InChI=1S/C50H29N3/c1-2-15-35(16-3-1)43-31-44(52-50(51-43)37-23-22-32-12-4-5-17-36(32)30-37)41-26-29-45(42-21-11-10-20-40(41)42)53-46-27-24-33-13-6-8-18-38(33)48(46)49-39-19-9-7-14-34(39)25-28-47(49)53/h1-3,5-11,13-31H. The van der Waals surface area contributed by atoms with Gasteiger partial charge in [-0.1, -0.05) is 133 Å². The largest absolute Gasteiger partial charge is 0.309 e. The summed E-state index contributed by atoms with van der Waals surface area (Å²) in [6.45, 7) is 0. The number of rotatable bonds is 4. The van der Waals surface area contributed by atoms with Crippen LogP contribution in [0.25, 0.3) is 104 Å². The molecule has 3 heteroatoms. The van der Waals surface area contributed by atoms with Gasteiger partial charge in [0.2, 0.25) is 0 Å². The minimum absolute atomic E-state index is 0.686. The second kappa shape index (κ2) is 11.6. The van der Waals surface area contributed by atoms with Crippen LogP contribution in [0.4, 0.5) is 0 Å². The van der Waals surface area contributed by atoms with Crippen LogP contribution in [-0.4, -0.2) is 14.5 Å². The van der Waals surface area contributed by atoms with Crippen LogP contribution < -0.4 is 0 Å². The molecule has 0 saturated carbocycles. The third-order valence-corrected chi connectivity index (χ3v) is 10.6. The van der Waals surface area contributed by atoms with Gasteiger partial charge in [0.15, 0.2) is 5.82 Å². The molecule has 2 aromatic heterocycles. The van der Waals surface area contributed by atoms with E-state index < -0.39 is 0 Å². The van der Waals surface area contributed by atoms with Crippen molar-refractivity contribution in [1.82, 2.24) is 14.5 Å². The quantitative estimate of drug-likeness (QED) is 0.186. The van der Waals surface area contributed by atoms with Gasteiger partial charge < -0.3 is 4.57 Å². The molecular weight excluding hydrogens is 643 g/mol. The topological polar surface area (TPSA) is 30.7 Å². The molecule has 0 aliphatic rings. The summed E-state index contributed by atoms with van der Waals surface area (Å²) in [6, 6.07) is 68.8. The summed E-state index contributed by atoms with van der Waals surface area (Å²) in [5.74, 6) is 0.686. The fraction of sp³-hybridized carbons (Fsp3) is 0. The van der Waals surface area contributed by atoms with Crippen molar-refractivity contribution in [3.63, 3.8) is 0 Å². The molecule has 9 aromatic carbocycles. The highest BCUT2D eigenvalue weighted by Crippen LogP contribution is 2.43. The van der Waals surface area contributed by atoms with Crippen molar-refractivity contribution in [2.24, 2.45) is 0 Å². The lowest BCUT2D eigenvalue weighted by Crippen LogP contribution is -1.99. The molecule has 0 aliphatic carbocycles. The molecule has 2 heterocycles. The zero-order valence-corrected chi connectivity index (χ0v) is 28.6. The van der Waals surface area contributed by atoms with Gasteiger partial charge >= 0.3 is 0 Å². The van der Waals surface area contributed by atoms with E-state index in [0.29, 0.717) is 5.82 Å². The van der Waals surface area contributed by atoms with Gasteiger partial charge in [0.1, 0.15) is 0 Å². The molecule has 11 aromatic rings. The van der Waals surface area contributed by atoms with Crippen molar-refractivity contribution in [3.8, 4) is 39.6 Å². The van der Waals surface area contributed by atoms with Gasteiger partial charge in [0.25, 0.3) is 0 Å². The molecule has 0 fully saturated rings. The zero-order valence-electron chi connectivity index (χ0n) is 28.6. The van der Waals surface area contributed by atoms with E-state index in [1.165, 1.54) is 43.4 Å². The van der Waals surface area contributed by atoms with Crippen molar-refractivity contribution in [2.45, 2.75) is 0 Å².